The Morgan fingerprint density at radius 3 is 2.76 bits per heavy atom. The zero-order valence-electron chi connectivity index (χ0n) is 12.6. The highest BCUT2D eigenvalue weighted by Gasteiger charge is 2.25. The Balaban J connectivity index is 1.94. The van der Waals surface area contributed by atoms with Gasteiger partial charge in [0.1, 0.15) is 5.75 Å². The van der Waals surface area contributed by atoms with Gasteiger partial charge in [-0.25, -0.2) is 0 Å². The Hall–Kier alpha value is -2.16. The molecule has 3 rings (SSSR count). The van der Waals surface area contributed by atoms with E-state index in [2.05, 4.69) is 4.99 Å². The van der Waals surface area contributed by atoms with E-state index >= 15 is 0 Å². The summed E-state index contributed by atoms with van der Waals surface area (Å²) in [4.78, 5) is 16.6. The lowest BCUT2D eigenvalue weighted by molar-refractivity contribution is -0.112. The maximum atomic E-state index is 12.3. The lowest BCUT2D eigenvalue weighted by atomic mass is 10.0. The van der Waals surface area contributed by atoms with Crippen molar-refractivity contribution in [2.24, 2.45) is 4.99 Å². The van der Waals surface area contributed by atoms with Gasteiger partial charge in [-0.05, 0) is 55.7 Å². The van der Waals surface area contributed by atoms with Crippen LogP contribution in [-0.4, -0.2) is 17.6 Å². The summed E-state index contributed by atoms with van der Waals surface area (Å²) in [7, 11) is 0. The highest BCUT2D eigenvalue weighted by molar-refractivity contribution is 6.29. The molecule has 0 fully saturated rings. The number of benzene rings is 1. The molecule has 21 heavy (non-hydrogen) atoms. The van der Waals surface area contributed by atoms with Crippen LogP contribution in [-0.2, 0) is 11.2 Å². The molecule has 1 heterocycles. The van der Waals surface area contributed by atoms with Crippen LogP contribution >= 0.6 is 0 Å². The first kappa shape index (κ1) is 13.8. The smallest absolute Gasteiger partial charge is 0.167 e. The number of hydrogen-bond donors (Lipinski definition) is 0. The molecule has 3 heteroatoms. The van der Waals surface area contributed by atoms with Gasteiger partial charge in [0.25, 0.3) is 0 Å². The SMILES string of the molecule is CC1=CN=C(/C=C2\C(=O)Cc3ccc(OC(C)C)cc32)C1. The lowest BCUT2D eigenvalue weighted by Gasteiger charge is -2.11. The molecule has 0 amide bonds. The van der Waals surface area contributed by atoms with Gasteiger partial charge >= 0.3 is 0 Å². The molecule has 1 aliphatic heterocycles. The van der Waals surface area contributed by atoms with Crippen LogP contribution in [0.4, 0.5) is 0 Å². The van der Waals surface area contributed by atoms with Crippen molar-refractivity contribution in [2.45, 2.75) is 39.7 Å². The molecule has 108 valence electrons. The second kappa shape index (κ2) is 5.32. The molecular weight excluding hydrogens is 262 g/mol. The van der Waals surface area contributed by atoms with Gasteiger partial charge in [-0.3, -0.25) is 9.79 Å². The third kappa shape index (κ3) is 2.82. The second-order valence-corrected chi connectivity index (χ2v) is 5.92. The summed E-state index contributed by atoms with van der Waals surface area (Å²) in [6.45, 7) is 6.04. The van der Waals surface area contributed by atoms with Crippen molar-refractivity contribution in [3.8, 4) is 5.75 Å². The Kier molecular flexibility index (Phi) is 3.50. The largest absolute Gasteiger partial charge is 0.491 e. The third-order valence-electron chi connectivity index (χ3n) is 3.62. The van der Waals surface area contributed by atoms with E-state index in [0.29, 0.717) is 6.42 Å². The molecule has 0 unspecified atom stereocenters. The molecule has 0 N–H and O–H groups in total. The quantitative estimate of drug-likeness (QED) is 0.792. The number of carbonyl (C=O) groups excluding carboxylic acids is 1. The summed E-state index contributed by atoms with van der Waals surface area (Å²) >= 11 is 0. The zero-order valence-corrected chi connectivity index (χ0v) is 12.6. The minimum absolute atomic E-state index is 0.124. The fraction of sp³-hybridized carbons (Fsp3) is 0.333. The topological polar surface area (TPSA) is 38.7 Å². The Morgan fingerprint density at radius 1 is 1.29 bits per heavy atom. The molecule has 3 nitrogen and oxygen atoms in total. The molecule has 0 radical (unpaired) electrons. The summed E-state index contributed by atoms with van der Waals surface area (Å²) in [6.07, 6.45) is 5.22. The molecule has 0 atom stereocenters. The van der Waals surface area contributed by atoms with Crippen molar-refractivity contribution < 1.29 is 9.53 Å². The molecule has 1 aromatic carbocycles. The molecule has 0 saturated heterocycles. The van der Waals surface area contributed by atoms with Crippen molar-refractivity contribution >= 4 is 17.1 Å². The highest BCUT2D eigenvalue weighted by atomic mass is 16.5. The summed E-state index contributed by atoms with van der Waals surface area (Å²) in [5, 5.41) is 0. The van der Waals surface area contributed by atoms with Crippen LogP contribution in [0.2, 0.25) is 0 Å². The summed E-state index contributed by atoms with van der Waals surface area (Å²) < 4.78 is 5.73. The van der Waals surface area contributed by atoms with E-state index in [-0.39, 0.29) is 11.9 Å². The minimum atomic E-state index is 0.124. The van der Waals surface area contributed by atoms with Crippen LogP contribution in [0.1, 0.15) is 38.3 Å². The number of hydrogen-bond acceptors (Lipinski definition) is 3. The monoisotopic (exact) mass is 281 g/mol. The van der Waals surface area contributed by atoms with Crippen LogP contribution in [0.5, 0.6) is 5.75 Å². The van der Waals surface area contributed by atoms with Gasteiger partial charge in [0.15, 0.2) is 5.78 Å². The first-order chi connectivity index (χ1) is 10.0. The van der Waals surface area contributed by atoms with Crippen molar-refractivity contribution in [3.63, 3.8) is 0 Å². The number of carbonyl (C=O) groups is 1. The standard InChI is InChI=1S/C18H19NO2/c1-11(2)21-15-5-4-13-7-18(20)17(16(13)9-15)8-14-6-12(3)10-19-14/h4-5,8-11H,6-7H2,1-3H3/b17-8-. The molecule has 0 saturated carbocycles. The molecule has 1 aliphatic carbocycles. The van der Waals surface area contributed by atoms with Gasteiger partial charge in [-0.15, -0.1) is 0 Å². The highest BCUT2D eigenvalue weighted by Crippen LogP contribution is 2.33. The van der Waals surface area contributed by atoms with Gasteiger partial charge in [-0.1, -0.05) is 6.07 Å². The van der Waals surface area contributed by atoms with Crippen molar-refractivity contribution in [3.05, 3.63) is 47.2 Å². The van der Waals surface area contributed by atoms with Gasteiger partial charge < -0.3 is 4.74 Å². The van der Waals surface area contributed by atoms with Crippen LogP contribution < -0.4 is 4.74 Å². The predicted molar refractivity (Wildman–Crippen MR) is 84.7 cm³/mol. The number of ketones is 1. The molecule has 1 aromatic rings. The molecule has 0 spiro atoms. The number of nitrogens with zero attached hydrogens (tertiary/aromatic N) is 1. The maximum absolute atomic E-state index is 12.3. The summed E-state index contributed by atoms with van der Waals surface area (Å²) in [5.41, 5.74) is 5.01. The van der Waals surface area contributed by atoms with Gasteiger partial charge in [0.2, 0.25) is 0 Å². The zero-order chi connectivity index (χ0) is 15.0. The van der Waals surface area contributed by atoms with Crippen LogP contribution in [0.25, 0.3) is 5.57 Å². The van der Waals surface area contributed by atoms with E-state index in [0.717, 1.165) is 34.6 Å². The Morgan fingerprint density at radius 2 is 2.10 bits per heavy atom. The minimum Gasteiger partial charge on any atom is -0.491 e. The number of ether oxygens (including phenoxy) is 1. The fourth-order valence-electron chi connectivity index (χ4n) is 2.71. The van der Waals surface area contributed by atoms with Gasteiger partial charge in [0, 0.05) is 30.3 Å². The van der Waals surface area contributed by atoms with E-state index in [4.69, 9.17) is 4.74 Å². The van der Waals surface area contributed by atoms with Crippen LogP contribution in [0.3, 0.4) is 0 Å². The van der Waals surface area contributed by atoms with Crippen molar-refractivity contribution in [1.82, 2.24) is 0 Å². The van der Waals surface area contributed by atoms with Crippen molar-refractivity contribution in [2.75, 3.05) is 0 Å². The van der Waals surface area contributed by atoms with E-state index in [1.54, 1.807) is 0 Å². The average molecular weight is 281 g/mol. The lowest BCUT2D eigenvalue weighted by Crippen LogP contribution is -2.05. The summed E-state index contributed by atoms with van der Waals surface area (Å²) in [5.74, 6) is 0.978. The number of fused-ring (bicyclic) bond motifs is 1. The second-order valence-electron chi connectivity index (χ2n) is 5.92. The Bertz CT molecular complexity index is 693. The van der Waals surface area contributed by atoms with E-state index in [9.17, 15) is 4.79 Å². The van der Waals surface area contributed by atoms with E-state index in [1.807, 2.05) is 51.2 Å². The number of allylic oxidation sites excluding steroid dienone is 3. The van der Waals surface area contributed by atoms with Crippen LogP contribution in [0.15, 0.2) is 41.0 Å². The predicted octanol–water partition coefficient (Wildman–Crippen LogP) is 3.73. The normalized spacial score (nSPS) is 19.0. The fourth-order valence-corrected chi connectivity index (χ4v) is 2.71. The van der Waals surface area contributed by atoms with Crippen molar-refractivity contribution in [1.29, 1.82) is 0 Å². The number of Topliss-reactive ketones (excluding diaryl/α,β-unsaturated/α-hetero) is 1. The Labute approximate surface area is 125 Å². The molecule has 0 aromatic heterocycles. The third-order valence-corrected chi connectivity index (χ3v) is 3.62. The molecular formula is C18H19NO2. The van der Waals surface area contributed by atoms with Gasteiger partial charge in [-0.2, -0.15) is 0 Å². The van der Waals surface area contributed by atoms with E-state index < -0.39 is 0 Å². The summed E-state index contributed by atoms with van der Waals surface area (Å²) in [6, 6.07) is 5.90. The maximum Gasteiger partial charge on any atom is 0.167 e. The number of aliphatic imine (C=N–C) groups is 1. The van der Waals surface area contributed by atoms with Crippen LogP contribution in [0, 0.1) is 0 Å². The average Bonchev–Trinajstić information content (AvgIpc) is 2.95. The molecule has 2 aliphatic rings. The first-order valence-electron chi connectivity index (χ1n) is 7.30. The van der Waals surface area contributed by atoms with Gasteiger partial charge in [0.05, 0.1) is 6.10 Å². The molecule has 0 bridgehead atoms. The van der Waals surface area contributed by atoms with E-state index in [1.165, 1.54) is 5.57 Å². The first-order valence-corrected chi connectivity index (χ1v) is 7.30. The number of rotatable bonds is 3.